The van der Waals surface area contributed by atoms with E-state index in [-0.39, 0.29) is 6.03 Å². The van der Waals surface area contributed by atoms with E-state index >= 15 is 0 Å². The van der Waals surface area contributed by atoms with Gasteiger partial charge in [-0.25, -0.2) is 14.6 Å². The third-order valence-electron chi connectivity index (χ3n) is 3.01. The number of aromatic amines is 1. The van der Waals surface area contributed by atoms with E-state index in [4.69, 9.17) is 5.11 Å². The molecule has 0 spiro atoms. The Bertz CT molecular complexity index is 453. The van der Waals surface area contributed by atoms with E-state index in [1.807, 2.05) is 0 Å². The molecule has 2 heterocycles. The second-order valence-electron chi connectivity index (χ2n) is 4.39. The molecule has 9 heteroatoms. The molecule has 1 atom stereocenters. The summed E-state index contributed by atoms with van der Waals surface area (Å²) in [6, 6.07) is -1.04. The van der Waals surface area contributed by atoms with E-state index in [2.05, 4.69) is 20.5 Å². The lowest BCUT2D eigenvalue weighted by molar-refractivity contribution is -0.141. The first-order chi connectivity index (χ1) is 9.68. The van der Waals surface area contributed by atoms with Gasteiger partial charge >= 0.3 is 12.0 Å². The van der Waals surface area contributed by atoms with Gasteiger partial charge in [0, 0.05) is 31.0 Å². The summed E-state index contributed by atoms with van der Waals surface area (Å²) in [6.45, 7) is 0.949. The number of carboxylic acids is 1. The molecule has 1 aliphatic rings. The summed E-state index contributed by atoms with van der Waals surface area (Å²) in [4.78, 5) is 28.5. The van der Waals surface area contributed by atoms with Crippen molar-refractivity contribution in [3.05, 3.63) is 12.2 Å². The van der Waals surface area contributed by atoms with Crippen molar-refractivity contribution in [2.75, 3.05) is 24.6 Å². The number of carboxylic acid groups (broad SMARTS) is 1. The molecule has 2 amide bonds. The molecule has 1 aromatic rings. The highest BCUT2D eigenvalue weighted by atomic mass is 32.2. The van der Waals surface area contributed by atoms with Crippen LogP contribution < -0.4 is 5.32 Å². The van der Waals surface area contributed by atoms with Gasteiger partial charge in [0.2, 0.25) is 0 Å². The van der Waals surface area contributed by atoms with Crippen LogP contribution in [0.2, 0.25) is 0 Å². The first-order valence-corrected chi connectivity index (χ1v) is 7.53. The van der Waals surface area contributed by atoms with Crippen LogP contribution in [0.5, 0.6) is 0 Å². The van der Waals surface area contributed by atoms with Gasteiger partial charge in [0.05, 0.1) is 0 Å². The molecule has 20 heavy (non-hydrogen) atoms. The standard InChI is InChI=1S/C11H17N5O3S/c17-10(18)8-6-20-5-4-16(8)11(19)12-3-1-2-9-13-7-14-15-9/h7-8H,1-6H2,(H,12,19)(H,17,18)(H,13,14,15). The molecule has 0 bridgehead atoms. The highest BCUT2D eigenvalue weighted by Crippen LogP contribution is 2.16. The number of H-pyrrole nitrogens is 1. The Labute approximate surface area is 120 Å². The summed E-state index contributed by atoms with van der Waals surface area (Å²) in [7, 11) is 0. The number of aromatic nitrogens is 3. The van der Waals surface area contributed by atoms with Gasteiger partial charge in [-0.1, -0.05) is 0 Å². The summed E-state index contributed by atoms with van der Waals surface area (Å²) < 4.78 is 0. The van der Waals surface area contributed by atoms with Gasteiger partial charge in [0.15, 0.2) is 0 Å². The van der Waals surface area contributed by atoms with Crippen molar-refractivity contribution in [1.82, 2.24) is 25.4 Å². The summed E-state index contributed by atoms with van der Waals surface area (Å²) in [6.07, 6.45) is 2.86. The predicted molar refractivity (Wildman–Crippen MR) is 73.6 cm³/mol. The summed E-state index contributed by atoms with van der Waals surface area (Å²) >= 11 is 1.56. The zero-order valence-electron chi connectivity index (χ0n) is 10.9. The number of aryl methyl sites for hydroxylation is 1. The Hall–Kier alpha value is -1.77. The zero-order valence-corrected chi connectivity index (χ0v) is 11.7. The SMILES string of the molecule is O=C(O)C1CSCCN1C(=O)NCCCc1ncn[nH]1. The van der Waals surface area contributed by atoms with Crippen LogP contribution >= 0.6 is 11.8 Å². The Balaban J connectivity index is 1.74. The van der Waals surface area contributed by atoms with Crippen molar-refractivity contribution in [3.8, 4) is 0 Å². The maximum atomic E-state index is 12.0. The molecule has 2 rings (SSSR count). The molecule has 1 fully saturated rings. The molecule has 1 saturated heterocycles. The Morgan fingerprint density at radius 1 is 1.60 bits per heavy atom. The maximum absolute atomic E-state index is 12.0. The van der Waals surface area contributed by atoms with Gasteiger partial charge in [0.25, 0.3) is 0 Å². The van der Waals surface area contributed by atoms with Gasteiger partial charge in [-0.05, 0) is 6.42 Å². The molecule has 1 aromatic heterocycles. The number of rotatable bonds is 5. The molecule has 0 aromatic carbocycles. The molecular weight excluding hydrogens is 282 g/mol. The molecule has 0 saturated carbocycles. The zero-order chi connectivity index (χ0) is 14.4. The van der Waals surface area contributed by atoms with Crippen molar-refractivity contribution >= 4 is 23.8 Å². The average Bonchev–Trinajstić information content (AvgIpc) is 2.96. The van der Waals surface area contributed by atoms with Crippen LogP contribution in [0.4, 0.5) is 4.79 Å². The largest absolute Gasteiger partial charge is 0.480 e. The van der Waals surface area contributed by atoms with Crippen molar-refractivity contribution in [3.63, 3.8) is 0 Å². The highest BCUT2D eigenvalue weighted by Gasteiger charge is 2.32. The van der Waals surface area contributed by atoms with Crippen LogP contribution in [0.1, 0.15) is 12.2 Å². The first-order valence-electron chi connectivity index (χ1n) is 6.37. The van der Waals surface area contributed by atoms with Crippen molar-refractivity contribution < 1.29 is 14.7 Å². The lowest BCUT2D eigenvalue weighted by Crippen LogP contribution is -2.53. The van der Waals surface area contributed by atoms with Crippen LogP contribution in [-0.2, 0) is 11.2 Å². The molecule has 3 N–H and O–H groups in total. The minimum atomic E-state index is -0.950. The fourth-order valence-corrected chi connectivity index (χ4v) is 2.99. The van der Waals surface area contributed by atoms with Crippen molar-refractivity contribution in [1.29, 1.82) is 0 Å². The number of nitrogens with zero attached hydrogens (tertiary/aromatic N) is 3. The number of carbonyl (C=O) groups is 2. The summed E-state index contributed by atoms with van der Waals surface area (Å²) in [5, 5.41) is 18.3. The maximum Gasteiger partial charge on any atom is 0.327 e. The van der Waals surface area contributed by atoms with Gasteiger partial charge in [-0.2, -0.15) is 16.9 Å². The van der Waals surface area contributed by atoms with E-state index < -0.39 is 12.0 Å². The van der Waals surface area contributed by atoms with E-state index in [9.17, 15) is 9.59 Å². The van der Waals surface area contributed by atoms with Gasteiger partial charge in [0.1, 0.15) is 18.2 Å². The monoisotopic (exact) mass is 299 g/mol. The third kappa shape index (κ3) is 3.86. The normalized spacial score (nSPS) is 18.8. The fourth-order valence-electron chi connectivity index (χ4n) is 1.96. The van der Waals surface area contributed by atoms with E-state index in [0.29, 0.717) is 25.3 Å². The summed E-state index contributed by atoms with van der Waals surface area (Å²) in [5.41, 5.74) is 0. The van der Waals surface area contributed by atoms with Crippen LogP contribution in [-0.4, -0.2) is 67.8 Å². The van der Waals surface area contributed by atoms with Gasteiger partial charge in [-0.15, -0.1) is 0 Å². The number of amides is 2. The lowest BCUT2D eigenvalue weighted by Gasteiger charge is -2.32. The minimum absolute atomic E-state index is 0.310. The van der Waals surface area contributed by atoms with Gasteiger partial charge in [-0.3, -0.25) is 5.10 Å². The smallest absolute Gasteiger partial charge is 0.327 e. The molecular formula is C11H17N5O3S. The number of urea groups is 1. The van der Waals surface area contributed by atoms with Crippen LogP contribution in [0.3, 0.4) is 0 Å². The Morgan fingerprint density at radius 2 is 2.45 bits per heavy atom. The molecule has 1 unspecified atom stereocenters. The Morgan fingerprint density at radius 3 is 3.15 bits per heavy atom. The molecule has 0 radical (unpaired) electrons. The Kier molecular flexibility index (Phi) is 5.22. The number of carbonyl (C=O) groups excluding carboxylic acids is 1. The van der Waals surface area contributed by atoms with Crippen molar-refractivity contribution in [2.24, 2.45) is 0 Å². The third-order valence-corrected chi connectivity index (χ3v) is 4.03. The van der Waals surface area contributed by atoms with E-state index in [0.717, 1.165) is 18.0 Å². The lowest BCUT2D eigenvalue weighted by atomic mass is 10.3. The predicted octanol–water partition coefficient (Wildman–Crippen LogP) is -0.0511. The quantitative estimate of drug-likeness (QED) is 0.657. The van der Waals surface area contributed by atoms with Crippen LogP contribution in [0.25, 0.3) is 0 Å². The minimum Gasteiger partial charge on any atom is -0.480 e. The molecule has 1 aliphatic heterocycles. The molecule has 8 nitrogen and oxygen atoms in total. The van der Waals surface area contributed by atoms with Gasteiger partial charge < -0.3 is 15.3 Å². The van der Waals surface area contributed by atoms with Crippen LogP contribution in [0.15, 0.2) is 6.33 Å². The number of aliphatic carboxylic acids is 1. The topological polar surface area (TPSA) is 111 Å². The van der Waals surface area contributed by atoms with E-state index in [1.165, 1.54) is 11.2 Å². The molecule has 110 valence electrons. The van der Waals surface area contributed by atoms with E-state index in [1.54, 1.807) is 11.8 Å². The first kappa shape index (κ1) is 14.6. The number of hydrogen-bond donors (Lipinski definition) is 3. The van der Waals surface area contributed by atoms with Crippen molar-refractivity contribution in [2.45, 2.75) is 18.9 Å². The average molecular weight is 299 g/mol. The second kappa shape index (κ2) is 7.13. The summed E-state index contributed by atoms with van der Waals surface area (Å²) in [5.74, 6) is 1.04. The number of nitrogens with one attached hydrogen (secondary N) is 2. The molecule has 0 aliphatic carbocycles. The highest BCUT2D eigenvalue weighted by molar-refractivity contribution is 7.99. The fraction of sp³-hybridized carbons (Fsp3) is 0.636. The van der Waals surface area contributed by atoms with Crippen LogP contribution in [0, 0.1) is 0 Å². The number of hydrogen-bond acceptors (Lipinski definition) is 5. The second-order valence-corrected chi connectivity index (χ2v) is 5.54. The number of thioether (sulfide) groups is 1.